The van der Waals surface area contributed by atoms with Gasteiger partial charge in [-0.25, -0.2) is 13.1 Å². The van der Waals surface area contributed by atoms with Gasteiger partial charge in [-0.05, 0) is 49.6 Å². The Kier molecular flexibility index (Phi) is 6.07. The van der Waals surface area contributed by atoms with E-state index in [4.69, 9.17) is 0 Å². The van der Waals surface area contributed by atoms with Crippen molar-refractivity contribution < 1.29 is 26.3 Å². The van der Waals surface area contributed by atoms with Gasteiger partial charge in [-0.1, -0.05) is 30.3 Å². The summed E-state index contributed by atoms with van der Waals surface area (Å²) in [5.74, 6) is -0.469. The van der Waals surface area contributed by atoms with Gasteiger partial charge in [-0.2, -0.15) is 0 Å². The molecule has 1 N–H and O–H groups in total. The summed E-state index contributed by atoms with van der Waals surface area (Å²) in [4.78, 5) is -0.117. The molecular weight excluding hydrogens is 355 g/mol. The lowest BCUT2D eigenvalue weighted by Crippen LogP contribution is -2.32. The van der Waals surface area contributed by atoms with E-state index in [1.165, 1.54) is 0 Å². The van der Waals surface area contributed by atoms with Crippen LogP contribution in [0.15, 0.2) is 59.5 Å². The van der Waals surface area contributed by atoms with Gasteiger partial charge in [0.2, 0.25) is 10.0 Å². The van der Waals surface area contributed by atoms with Crippen molar-refractivity contribution in [3.63, 3.8) is 0 Å². The second-order valence-corrected chi connectivity index (χ2v) is 7.28. The lowest BCUT2D eigenvalue weighted by atomic mass is 10.1. The van der Waals surface area contributed by atoms with Crippen molar-refractivity contribution in [2.75, 3.05) is 0 Å². The Labute approximate surface area is 144 Å². The number of hydrogen-bond acceptors (Lipinski definition) is 3. The molecule has 0 saturated heterocycles. The predicted octanol–water partition coefficient (Wildman–Crippen LogP) is 3.88. The average Bonchev–Trinajstić information content (AvgIpc) is 2.52. The summed E-state index contributed by atoms with van der Waals surface area (Å²) in [7, 11) is -3.81. The zero-order valence-corrected chi connectivity index (χ0v) is 14.3. The molecule has 0 fully saturated rings. The third-order valence-electron chi connectivity index (χ3n) is 3.43. The summed E-state index contributed by atoms with van der Waals surface area (Å²) < 4.78 is 67.2. The molecule has 1 atom stereocenters. The number of sulfonamides is 1. The number of halogens is 3. The minimum absolute atomic E-state index is 0.117. The first-order valence-corrected chi connectivity index (χ1v) is 9.06. The largest absolute Gasteiger partial charge is 0.573 e. The number of hydrogen-bond donors (Lipinski definition) is 1. The molecule has 2 rings (SSSR count). The minimum atomic E-state index is -4.81. The Morgan fingerprint density at radius 3 is 2.20 bits per heavy atom. The highest BCUT2D eigenvalue weighted by atomic mass is 32.2. The Bertz CT molecular complexity index is 775. The summed E-state index contributed by atoms with van der Waals surface area (Å²) in [5, 5.41) is 0. The summed E-state index contributed by atoms with van der Waals surface area (Å²) in [5.41, 5.74) is 1.10. The SMILES string of the molecule is C[C@H](CCc1ccccc1)NS(=O)(=O)c1ccc(OC(F)(F)F)cc1. The van der Waals surface area contributed by atoms with Gasteiger partial charge in [0.1, 0.15) is 5.75 Å². The average molecular weight is 373 g/mol. The fourth-order valence-electron chi connectivity index (χ4n) is 2.24. The zero-order valence-electron chi connectivity index (χ0n) is 13.5. The van der Waals surface area contributed by atoms with Gasteiger partial charge < -0.3 is 4.74 Å². The van der Waals surface area contributed by atoms with E-state index in [-0.39, 0.29) is 10.9 Å². The maximum absolute atomic E-state index is 12.3. The molecular formula is C17H18F3NO3S. The zero-order chi connectivity index (χ0) is 18.5. The normalized spacial score (nSPS) is 13.4. The highest BCUT2D eigenvalue weighted by Crippen LogP contribution is 2.24. The van der Waals surface area contributed by atoms with Crippen molar-refractivity contribution in [1.29, 1.82) is 0 Å². The third kappa shape index (κ3) is 6.39. The van der Waals surface area contributed by atoms with Crippen molar-refractivity contribution in [1.82, 2.24) is 4.72 Å². The van der Waals surface area contributed by atoms with E-state index in [1.54, 1.807) is 6.92 Å². The molecule has 8 heteroatoms. The van der Waals surface area contributed by atoms with Crippen LogP contribution < -0.4 is 9.46 Å². The van der Waals surface area contributed by atoms with E-state index in [1.807, 2.05) is 30.3 Å². The molecule has 0 radical (unpaired) electrons. The quantitative estimate of drug-likeness (QED) is 0.801. The Morgan fingerprint density at radius 2 is 1.64 bits per heavy atom. The van der Waals surface area contributed by atoms with Gasteiger partial charge in [-0.3, -0.25) is 0 Å². The lowest BCUT2D eigenvalue weighted by molar-refractivity contribution is -0.274. The Hall–Kier alpha value is -2.06. The summed E-state index contributed by atoms with van der Waals surface area (Å²) in [6, 6.07) is 13.4. The van der Waals surface area contributed by atoms with E-state index in [2.05, 4.69) is 9.46 Å². The number of rotatable bonds is 7. The molecule has 0 spiro atoms. The molecule has 0 aliphatic heterocycles. The molecule has 25 heavy (non-hydrogen) atoms. The number of aryl methyl sites for hydroxylation is 1. The van der Waals surface area contributed by atoms with Crippen LogP contribution in [0.25, 0.3) is 0 Å². The standard InChI is InChI=1S/C17H18F3NO3S/c1-13(7-8-14-5-3-2-4-6-14)21-25(22,23)16-11-9-15(10-12-16)24-17(18,19)20/h2-6,9-13,21H,7-8H2,1H3/t13-/m1/s1. The van der Waals surface area contributed by atoms with Crippen molar-refractivity contribution in [3.05, 3.63) is 60.2 Å². The van der Waals surface area contributed by atoms with Crippen LogP contribution in [0.1, 0.15) is 18.9 Å². The Balaban J connectivity index is 1.96. The predicted molar refractivity (Wildman–Crippen MR) is 87.7 cm³/mol. The summed E-state index contributed by atoms with van der Waals surface area (Å²) in [6.45, 7) is 1.74. The van der Waals surface area contributed by atoms with Gasteiger partial charge in [0, 0.05) is 6.04 Å². The molecule has 0 aromatic heterocycles. The smallest absolute Gasteiger partial charge is 0.406 e. The van der Waals surface area contributed by atoms with E-state index >= 15 is 0 Å². The number of alkyl halides is 3. The molecule has 0 bridgehead atoms. The van der Waals surface area contributed by atoms with Crippen molar-refractivity contribution in [3.8, 4) is 5.75 Å². The highest BCUT2D eigenvalue weighted by Gasteiger charge is 2.31. The van der Waals surface area contributed by atoms with Crippen LogP contribution in [0.2, 0.25) is 0 Å². The molecule has 2 aromatic rings. The molecule has 0 saturated carbocycles. The first kappa shape index (κ1) is 19.3. The van der Waals surface area contributed by atoms with Crippen LogP contribution in [0.4, 0.5) is 13.2 Å². The molecule has 136 valence electrons. The van der Waals surface area contributed by atoms with Crippen LogP contribution in [-0.4, -0.2) is 20.8 Å². The van der Waals surface area contributed by atoms with Gasteiger partial charge in [-0.15, -0.1) is 13.2 Å². The highest BCUT2D eigenvalue weighted by molar-refractivity contribution is 7.89. The fraction of sp³-hybridized carbons (Fsp3) is 0.294. The van der Waals surface area contributed by atoms with Crippen LogP contribution in [-0.2, 0) is 16.4 Å². The lowest BCUT2D eigenvalue weighted by Gasteiger charge is -2.15. The van der Waals surface area contributed by atoms with Crippen molar-refractivity contribution in [2.24, 2.45) is 0 Å². The van der Waals surface area contributed by atoms with Crippen LogP contribution in [0, 0.1) is 0 Å². The van der Waals surface area contributed by atoms with Crippen LogP contribution in [0.5, 0.6) is 5.75 Å². The van der Waals surface area contributed by atoms with E-state index in [9.17, 15) is 21.6 Å². The van der Waals surface area contributed by atoms with Crippen LogP contribution in [0.3, 0.4) is 0 Å². The first-order chi connectivity index (χ1) is 11.7. The first-order valence-electron chi connectivity index (χ1n) is 7.58. The topological polar surface area (TPSA) is 55.4 Å². The molecule has 0 unspecified atom stereocenters. The number of nitrogens with one attached hydrogen (secondary N) is 1. The maximum atomic E-state index is 12.3. The van der Waals surface area contributed by atoms with E-state index in [0.717, 1.165) is 29.8 Å². The fourth-order valence-corrected chi connectivity index (χ4v) is 3.52. The molecule has 0 aliphatic rings. The summed E-state index contributed by atoms with van der Waals surface area (Å²) >= 11 is 0. The van der Waals surface area contributed by atoms with Gasteiger partial charge in [0.25, 0.3) is 0 Å². The monoisotopic (exact) mass is 373 g/mol. The second kappa shape index (κ2) is 7.88. The molecule has 4 nitrogen and oxygen atoms in total. The Morgan fingerprint density at radius 1 is 1.04 bits per heavy atom. The third-order valence-corrected chi connectivity index (χ3v) is 5.04. The van der Waals surface area contributed by atoms with Gasteiger partial charge >= 0.3 is 6.36 Å². The maximum Gasteiger partial charge on any atom is 0.573 e. The molecule has 0 aliphatic carbocycles. The van der Waals surface area contributed by atoms with Crippen LogP contribution >= 0.6 is 0 Å². The molecule has 2 aromatic carbocycles. The molecule has 0 heterocycles. The van der Waals surface area contributed by atoms with Crippen molar-refractivity contribution in [2.45, 2.75) is 37.1 Å². The molecule has 0 amide bonds. The van der Waals surface area contributed by atoms with E-state index in [0.29, 0.717) is 12.8 Å². The van der Waals surface area contributed by atoms with Gasteiger partial charge in [0.15, 0.2) is 0 Å². The number of benzene rings is 2. The minimum Gasteiger partial charge on any atom is -0.406 e. The second-order valence-electron chi connectivity index (χ2n) is 5.57. The van der Waals surface area contributed by atoms with Crippen molar-refractivity contribution >= 4 is 10.0 Å². The summed E-state index contributed by atoms with van der Waals surface area (Å²) in [6.07, 6.45) is -3.51. The van der Waals surface area contributed by atoms with Gasteiger partial charge in [0.05, 0.1) is 4.90 Å². The number of ether oxygens (including phenoxy) is 1. The van der Waals surface area contributed by atoms with E-state index < -0.39 is 22.1 Å².